The molecule has 1 heterocycles. The van der Waals surface area contributed by atoms with Crippen LogP contribution in [0.4, 0.5) is 13.2 Å². The van der Waals surface area contributed by atoms with Crippen molar-refractivity contribution in [3.8, 4) is 5.75 Å². The van der Waals surface area contributed by atoms with Crippen molar-refractivity contribution in [3.05, 3.63) is 29.8 Å². The van der Waals surface area contributed by atoms with Gasteiger partial charge in [0, 0.05) is 32.2 Å². The Bertz CT molecular complexity index is 611. The van der Waals surface area contributed by atoms with E-state index < -0.39 is 12.7 Å². The van der Waals surface area contributed by atoms with Gasteiger partial charge in [-0.05, 0) is 45.2 Å². The van der Waals surface area contributed by atoms with Gasteiger partial charge in [0.2, 0.25) is 0 Å². The summed E-state index contributed by atoms with van der Waals surface area (Å²) < 4.78 is 43.2. The molecule has 1 aliphatic heterocycles. The van der Waals surface area contributed by atoms with Crippen LogP contribution in [0.25, 0.3) is 0 Å². The number of ether oxygens (including phenoxy) is 1. The maximum atomic E-state index is 12.5. The Morgan fingerprint density at radius 3 is 2.62 bits per heavy atom. The first-order valence-corrected chi connectivity index (χ1v) is 9.89. The van der Waals surface area contributed by atoms with Crippen LogP contribution in [0.1, 0.15) is 31.7 Å². The molecule has 1 aliphatic rings. The molecule has 1 saturated heterocycles. The lowest BCUT2D eigenvalue weighted by Crippen LogP contribution is -2.45. The first-order chi connectivity index (χ1) is 13.4. The van der Waals surface area contributed by atoms with Crippen LogP contribution in [0.3, 0.4) is 0 Å². The molecule has 2 rings (SSSR count). The Hall–Kier alpha value is -1.23. The molecule has 0 radical (unpaired) electrons. The zero-order valence-corrected chi connectivity index (χ0v) is 19.4. The molecule has 0 spiro atoms. The Balaban J connectivity index is 0.00000420. The van der Waals surface area contributed by atoms with Gasteiger partial charge in [-0.15, -0.1) is 24.0 Å². The van der Waals surface area contributed by atoms with E-state index in [1.165, 1.54) is 10.5 Å². The lowest BCUT2D eigenvalue weighted by Gasteiger charge is -2.19. The molecule has 0 aliphatic carbocycles. The normalized spacial score (nSPS) is 17.7. The highest BCUT2D eigenvalue weighted by atomic mass is 127. The van der Waals surface area contributed by atoms with Gasteiger partial charge in [0.15, 0.2) is 5.96 Å². The van der Waals surface area contributed by atoms with Crippen molar-refractivity contribution in [2.24, 2.45) is 4.99 Å². The molecule has 9 heteroatoms. The number of benzene rings is 1. The second kappa shape index (κ2) is 13.1. The summed E-state index contributed by atoms with van der Waals surface area (Å²) in [5.41, 5.74) is 1.20. The Morgan fingerprint density at radius 1 is 1.24 bits per heavy atom. The molecule has 166 valence electrons. The van der Waals surface area contributed by atoms with Crippen molar-refractivity contribution in [3.63, 3.8) is 0 Å². The van der Waals surface area contributed by atoms with Crippen molar-refractivity contribution < 1.29 is 17.9 Å². The summed E-state index contributed by atoms with van der Waals surface area (Å²) in [6, 6.07) is 7.96. The van der Waals surface area contributed by atoms with Crippen LogP contribution in [0, 0.1) is 6.92 Å². The fourth-order valence-corrected chi connectivity index (χ4v) is 3.09. The van der Waals surface area contributed by atoms with Crippen molar-refractivity contribution in [2.45, 2.75) is 45.3 Å². The smallest absolute Gasteiger partial charge is 0.401 e. The van der Waals surface area contributed by atoms with Gasteiger partial charge in [-0.25, -0.2) is 0 Å². The third-order valence-corrected chi connectivity index (χ3v) is 4.47. The number of rotatable bonds is 9. The number of hydrogen-bond donors (Lipinski definition) is 2. The van der Waals surface area contributed by atoms with Gasteiger partial charge >= 0.3 is 6.18 Å². The first kappa shape index (κ1) is 25.8. The number of guanidine groups is 1. The predicted molar refractivity (Wildman–Crippen MR) is 121 cm³/mol. The van der Waals surface area contributed by atoms with Crippen LogP contribution < -0.4 is 15.4 Å². The molecule has 29 heavy (non-hydrogen) atoms. The van der Waals surface area contributed by atoms with E-state index >= 15 is 0 Å². The number of hydrogen-bond acceptors (Lipinski definition) is 3. The molecule has 0 bridgehead atoms. The van der Waals surface area contributed by atoms with Gasteiger partial charge in [0.25, 0.3) is 0 Å². The van der Waals surface area contributed by atoms with E-state index in [1.807, 2.05) is 38.1 Å². The van der Waals surface area contributed by atoms with E-state index in [0.717, 1.165) is 18.6 Å². The molecule has 5 nitrogen and oxygen atoms in total. The number of nitrogens with zero attached hydrogens (tertiary/aromatic N) is 2. The minimum absolute atomic E-state index is 0. The second-order valence-corrected chi connectivity index (χ2v) is 7.11. The zero-order valence-electron chi connectivity index (χ0n) is 17.1. The van der Waals surface area contributed by atoms with Gasteiger partial charge in [0.05, 0.1) is 13.2 Å². The summed E-state index contributed by atoms with van der Waals surface area (Å²) >= 11 is 0. The van der Waals surface area contributed by atoms with Gasteiger partial charge < -0.3 is 15.4 Å². The van der Waals surface area contributed by atoms with Crippen molar-refractivity contribution >= 4 is 29.9 Å². The minimum atomic E-state index is -4.14. The average Bonchev–Trinajstić information content (AvgIpc) is 3.04. The highest BCUT2D eigenvalue weighted by Gasteiger charge is 2.34. The van der Waals surface area contributed by atoms with Crippen LogP contribution in [0.2, 0.25) is 0 Å². The third-order valence-electron chi connectivity index (χ3n) is 4.47. The van der Waals surface area contributed by atoms with Crippen molar-refractivity contribution in [2.75, 3.05) is 39.3 Å². The lowest BCUT2D eigenvalue weighted by molar-refractivity contribution is -0.143. The summed E-state index contributed by atoms with van der Waals surface area (Å²) in [5.74, 6) is 1.54. The van der Waals surface area contributed by atoms with Crippen molar-refractivity contribution in [1.29, 1.82) is 0 Å². The van der Waals surface area contributed by atoms with E-state index in [2.05, 4.69) is 15.6 Å². The topological polar surface area (TPSA) is 48.9 Å². The van der Waals surface area contributed by atoms with E-state index in [-0.39, 0.29) is 30.0 Å². The van der Waals surface area contributed by atoms with Crippen LogP contribution in [0.5, 0.6) is 5.75 Å². The van der Waals surface area contributed by atoms with E-state index in [4.69, 9.17) is 4.74 Å². The van der Waals surface area contributed by atoms with Gasteiger partial charge in [-0.1, -0.05) is 17.7 Å². The number of halogens is 4. The molecular weight excluding hydrogens is 496 g/mol. The lowest BCUT2D eigenvalue weighted by atomic mass is 10.2. The van der Waals surface area contributed by atoms with Gasteiger partial charge in [-0.2, -0.15) is 13.2 Å². The Kier molecular flexibility index (Phi) is 11.7. The number of nitrogens with one attached hydrogen (secondary N) is 2. The van der Waals surface area contributed by atoms with Gasteiger partial charge in [0.1, 0.15) is 5.75 Å². The highest BCUT2D eigenvalue weighted by molar-refractivity contribution is 14.0. The fraction of sp³-hybridized carbons (Fsp3) is 0.650. The first-order valence-electron chi connectivity index (χ1n) is 9.89. The SMILES string of the molecule is CCNC(=NCCCCOc1ccc(C)cc1)NC1CCN(CC(F)(F)F)C1.I. The van der Waals surface area contributed by atoms with Crippen LogP contribution in [-0.2, 0) is 0 Å². The molecule has 0 amide bonds. The molecule has 1 aromatic rings. The van der Waals surface area contributed by atoms with E-state index in [9.17, 15) is 13.2 Å². The Labute approximate surface area is 188 Å². The van der Waals surface area contributed by atoms with E-state index in [1.54, 1.807) is 0 Å². The van der Waals surface area contributed by atoms with Crippen LogP contribution in [-0.4, -0.2) is 62.4 Å². The average molecular weight is 528 g/mol. The second-order valence-electron chi connectivity index (χ2n) is 7.11. The van der Waals surface area contributed by atoms with Gasteiger partial charge in [-0.3, -0.25) is 9.89 Å². The number of unbranched alkanes of at least 4 members (excludes halogenated alkanes) is 1. The molecule has 1 unspecified atom stereocenters. The molecule has 2 N–H and O–H groups in total. The number of likely N-dealkylation sites (tertiary alicyclic amines) is 1. The quantitative estimate of drug-likeness (QED) is 0.221. The Morgan fingerprint density at radius 2 is 1.97 bits per heavy atom. The van der Waals surface area contributed by atoms with Crippen LogP contribution in [0.15, 0.2) is 29.3 Å². The number of aliphatic imine (C=N–C) groups is 1. The molecule has 1 aromatic carbocycles. The number of aryl methyl sites for hydroxylation is 1. The summed E-state index contributed by atoms with van der Waals surface area (Å²) in [6.07, 6.45) is -1.69. The molecule has 0 saturated carbocycles. The molecular formula is C20H32F3IN4O. The third kappa shape index (κ3) is 10.9. The molecule has 0 aromatic heterocycles. The summed E-state index contributed by atoms with van der Waals surface area (Å²) in [5, 5.41) is 6.41. The monoisotopic (exact) mass is 528 g/mol. The van der Waals surface area contributed by atoms with Crippen molar-refractivity contribution in [1.82, 2.24) is 15.5 Å². The number of alkyl halides is 3. The maximum Gasteiger partial charge on any atom is 0.401 e. The fourth-order valence-electron chi connectivity index (χ4n) is 3.09. The summed E-state index contributed by atoms with van der Waals surface area (Å²) in [6.45, 7) is 5.99. The largest absolute Gasteiger partial charge is 0.494 e. The molecule has 1 fully saturated rings. The highest BCUT2D eigenvalue weighted by Crippen LogP contribution is 2.20. The molecule has 1 atom stereocenters. The van der Waals surface area contributed by atoms with Crippen LogP contribution >= 0.6 is 24.0 Å². The standard InChI is InChI=1S/C20H31F3N4O.HI/c1-3-24-19(26-17-10-12-27(14-17)15-20(21,22)23)25-11-4-5-13-28-18-8-6-16(2)7-9-18;/h6-9,17H,3-5,10-15H2,1-2H3,(H2,24,25,26);1H. The van der Waals surface area contributed by atoms with E-state index in [0.29, 0.717) is 45.2 Å². The maximum absolute atomic E-state index is 12.5. The summed E-state index contributed by atoms with van der Waals surface area (Å²) in [7, 11) is 0. The zero-order chi connectivity index (χ0) is 20.4. The predicted octanol–water partition coefficient (Wildman–Crippen LogP) is 3.96. The summed E-state index contributed by atoms with van der Waals surface area (Å²) in [4.78, 5) is 5.97. The minimum Gasteiger partial charge on any atom is -0.494 e.